The first-order valence-electron chi connectivity index (χ1n) is 8.34. The normalized spacial score (nSPS) is 10.7. The fourth-order valence-corrected chi connectivity index (χ4v) is 2.69. The Kier molecular flexibility index (Phi) is 7.21. The van der Waals surface area contributed by atoms with Crippen molar-refractivity contribution in [3.05, 3.63) is 49.1 Å². The third-order valence-electron chi connectivity index (χ3n) is 3.98. The van der Waals surface area contributed by atoms with Gasteiger partial charge in [-0.1, -0.05) is 26.2 Å². The molecule has 0 bridgehead atoms. The Balaban J connectivity index is 1.92. The number of halogens is 1. The molecule has 23 heavy (non-hydrogen) atoms. The minimum absolute atomic E-state index is 0.00634. The van der Waals surface area contributed by atoms with E-state index in [1.165, 1.54) is 36.7 Å². The zero-order valence-corrected chi connectivity index (χ0v) is 14.5. The lowest BCUT2D eigenvalue weighted by atomic mass is 10.1. The van der Waals surface area contributed by atoms with Crippen molar-refractivity contribution >= 4 is 17.5 Å². The molecule has 3 nitrogen and oxygen atoms in total. The molecule has 0 saturated heterocycles. The summed E-state index contributed by atoms with van der Waals surface area (Å²) < 4.78 is 3.74. The molecule has 0 aliphatic rings. The number of unbranched alkanes of at least 4 members (excludes halogenated alkanes) is 4. The lowest BCUT2D eigenvalue weighted by Gasteiger charge is -2.01. The summed E-state index contributed by atoms with van der Waals surface area (Å²) in [4.78, 5) is 11.5. The second-order valence-corrected chi connectivity index (χ2v) is 6.03. The van der Waals surface area contributed by atoms with Gasteiger partial charge >= 0.3 is 5.91 Å². The van der Waals surface area contributed by atoms with E-state index >= 15 is 0 Å². The number of hydrogen-bond acceptors (Lipinski definition) is 1. The molecule has 4 heteroatoms. The molecule has 2 rings (SSSR count). The highest BCUT2D eigenvalue weighted by molar-refractivity contribution is 6.26. The number of alkyl halides is 1. The third kappa shape index (κ3) is 5.43. The Morgan fingerprint density at radius 2 is 1.48 bits per heavy atom. The number of nitrogens with zero attached hydrogens (tertiary/aromatic N) is 2. The molecule has 2 heterocycles. The lowest BCUT2D eigenvalue weighted by Crippen LogP contribution is -2.42. The Morgan fingerprint density at radius 3 is 2.04 bits per heavy atom. The molecular formula is C19H25ClN2O+2. The van der Waals surface area contributed by atoms with Gasteiger partial charge in [-0.05, 0) is 17.5 Å². The zero-order chi connectivity index (χ0) is 16.5. The Morgan fingerprint density at radius 1 is 0.913 bits per heavy atom. The summed E-state index contributed by atoms with van der Waals surface area (Å²) in [6.45, 7) is 3.31. The van der Waals surface area contributed by atoms with Crippen LogP contribution in [0.1, 0.15) is 43.8 Å². The summed E-state index contributed by atoms with van der Waals surface area (Å²) in [5.41, 5.74) is 2.25. The smallest absolute Gasteiger partial charge is 0.218 e. The van der Waals surface area contributed by atoms with E-state index in [0.717, 1.165) is 17.7 Å². The van der Waals surface area contributed by atoms with E-state index in [-0.39, 0.29) is 11.8 Å². The highest BCUT2D eigenvalue weighted by atomic mass is 35.5. The minimum Gasteiger partial charge on any atom is -0.218 e. The summed E-state index contributed by atoms with van der Waals surface area (Å²) in [5.74, 6) is -0.125. The molecule has 0 aliphatic heterocycles. The Bertz CT molecular complexity index is 608. The van der Waals surface area contributed by atoms with Crippen LogP contribution in [0.2, 0.25) is 0 Å². The molecule has 0 fully saturated rings. The average Bonchev–Trinajstić information content (AvgIpc) is 2.61. The van der Waals surface area contributed by atoms with Gasteiger partial charge in [0, 0.05) is 30.7 Å². The standard InChI is InChI=1S/C19H25ClN2O/c1-2-3-4-5-6-11-21-12-7-17(8-13-21)18-9-14-22(15-10-18)19(23)16-20/h7-10,12-15H,2-6,11,16H2,1H3/q+2. The van der Waals surface area contributed by atoms with E-state index in [9.17, 15) is 4.79 Å². The molecule has 0 N–H and O–H groups in total. The van der Waals surface area contributed by atoms with Crippen molar-refractivity contribution in [3.63, 3.8) is 0 Å². The van der Waals surface area contributed by atoms with Gasteiger partial charge in [0.25, 0.3) is 0 Å². The second-order valence-electron chi connectivity index (χ2n) is 5.76. The molecular weight excluding hydrogens is 308 g/mol. The van der Waals surface area contributed by atoms with Crippen molar-refractivity contribution in [1.82, 2.24) is 0 Å². The van der Waals surface area contributed by atoms with Crippen molar-refractivity contribution in [1.29, 1.82) is 0 Å². The Hall–Kier alpha value is -1.74. The van der Waals surface area contributed by atoms with Gasteiger partial charge in [0.2, 0.25) is 0 Å². The number of aromatic nitrogens is 2. The molecule has 0 aliphatic carbocycles. The molecule has 0 spiro atoms. The van der Waals surface area contributed by atoms with E-state index in [2.05, 4.69) is 36.0 Å². The van der Waals surface area contributed by atoms with Crippen LogP contribution < -0.4 is 9.13 Å². The second kappa shape index (κ2) is 9.41. The number of carbonyl (C=O) groups excluding carboxylic acids is 1. The van der Waals surface area contributed by atoms with E-state index in [1.54, 1.807) is 12.4 Å². The fourth-order valence-electron chi connectivity index (χ4n) is 2.55. The summed E-state index contributed by atoms with van der Waals surface area (Å²) in [6, 6.07) is 8.12. The first-order valence-corrected chi connectivity index (χ1v) is 8.88. The summed E-state index contributed by atoms with van der Waals surface area (Å²) in [5, 5.41) is 0. The molecule has 0 aromatic carbocycles. The first-order chi connectivity index (χ1) is 11.2. The summed E-state index contributed by atoms with van der Waals surface area (Å²) in [6.07, 6.45) is 14.3. The molecule has 0 radical (unpaired) electrons. The highest BCUT2D eigenvalue weighted by Crippen LogP contribution is 2.15. The van der Waals surface area contributed by atoms with E-state index in [0.29, 0.717) is 0 Å². The van der Waals surface area contributed by atoms with Crippen LogP contribution in [0.15, 0.2) is 49.1 Å². The van der Waals surface area contributed by atoms with Crippen molar-refractivity contribution < 1.29 is 13.9 Å². The number of rotatable bonds is 8. The number of hydrogen-bond donors (Lipinski definition) is 0. The van der Waals surface area contributed by atoms with Crippen LogP contribution in [0.5, 0.6) is 0 Å². The van der Waals surface area contributed by atoms with Crippen molar-refractivity contribution in [2.24, 2.45) is 0 Å². The average molecular weight is 333 g/mol. The monoisotopic (exact) mass is 332 g/mol. The molecule has 0 atom stereocenters. The third-order valence-corrected chi connectivity index (χ3v) is 4.20. The number of aryl methyl sites for hydroxylation is 1. The van der Waals surface area contributed by atoms with Gasteiger partial charge in [-0.3, -0.25) is 0 Å². The maximum absolute atomic E-state index is 11.5. The Labute approximate surface area is 143 Å². The molecule has 0 saturated carbocycles. The van der Waals surface area contributed by atoms with Crippen LogP contribution in [0.25, 0.3) is 11.1 Å². The molecule has 2 aromatic rings. The topological polar surface area (TPSA) is 24.8 Å². The maximum atomic E-state index is 11.5. The quantitative estimate of drug-likeness (QED) is 0.410. The first kappa shape index (κ1) is 17.6. The SMILES string of the molecule is CCCCCCC[n+]1ccc(-c2cc[n+](C(=O)CCl)cc2)cc1. The van der Waals surface area contributed by atoms with E-state index < -0.39 is 0 Å². The van der Waals surface area contributed by atoms with Crippen LogP contribution in [-0.4, -0.2) is 11.8 Å². The number of pyridine rings is 2. The molecule has 0 amide bonds. The van der Waals surface area contributed by atoms with Gasteiger partial charge in [0.15, 0.2) is 24.8 Å². The summed E-state index contributed by atoms with van der Waals surface area (Å²) in [7, 11) is 0. The summed E-state index contributed by atoms with van der Waals surface area (Å²) >= 11 is 5.56. The van der Waals surface area contributed by atoms with Gasteiger partial charge in [-0.25, -0.2) is 9.36 Å². The van der Waals surface area contributed by atoms with Gasteiger partial charge in [-0.2, -0.15) is 0 Å². The predicted molar refractivity (Wildman–Crippen MR) is 92.4 cm³/mol. The highest BCUT2D eigenvalue weighted by Gasteiger charge is 2.12. The maximum Gasteiger partial charge on any atom is 0.406 e. The van der Waals surface area contributed by atoms with Gasteiger partial charge < -0.3 is 0 Å². The fraction of sp³-hybridized carbons (Fsp3) is 0.421. The predicted octanol–water partition coefficient (Wildman–Crippen LogP) is 3.78. The lowest BCUT2D eigenvalue weighted by molar-refractivity contribution is -0.697. The van der Waals surface area contributed by atoms with Crippen molar-refractivity contribution in [3.8, 4) is 11.1 Å². The van der Waals surface area contributed by atoms with Gasteiger partial charge in [-0.15, -0.1) is 16.2 Å². The molecule has 2 aromatic heterocycles. The largest absolute Gasteiger partial charge is 0.406 e. The van der Waals surface area contributed by atoms with E-state index in [1.807, 2.05) is 12.1 Å². The number of carbonyl (C=O) groups is 1. The van der Waals surface area contributed by atoms with Crippen molar-refractivity contribution in [2.45, 2.75) is 45.6 Å². The van der Waals surface area contributed by atoms with Crippen LogP contribution in [0.3, 0.4) is 0 Å². The zero-order valence-electron chi connectivity index (χ0n) is 13.7. The van der Waals surface area contributed by atoms with Gasteiger partial charge in [0.1, 0.15) is 12.4 Å². The van der Waals surface area contributed by atoms with E-state index in [4.69, 9.17) is 11.6 Å². The van der Waals surface area contributed by atoms with Gasteiger partial charge in [0.05, 0.1) is 0 Å². The molecule has 122 valence electrons. The minimum atomic E-state index is -0.118. The van der Waals surface area contributed by atoms with Crippen LogP contribution in [0, 0.1) is 0 Å². The van der Waals surface area contributed by atoms with Crippen molar-refractivity contribution in [2.75, 3.05) is 5.88 Å². The van der Waals surface area contributed by atoms with Crippen LogP contribution in [0.4, 0.5) is 0 Å². The molecule has 0 unspecified atom stereocenters. The van der Waals surface area contributed by atoms with Crippen LogP contribution >= 0.6 is 11.6 Å². The van der Waals surface area contributed by atoms with Crippen LogP contribution in [-0.2, 0) is 6.54 Å².